The van der Waals surface area contributed by atoms with E-state index in [-0.39, 0.29) is 18.5 Å². The number of aliphatic hydroxyl groups is 1. The molecule has 2 aliphatic heterocycles. The highest BCUT2D eigenvalue weighted by atomic mass is 35.5. The summed E-state index contributed by atoms with van der Waals surface area (Å²) in [6.07, 6.45) is 6.10. The number of fused-ring (bicyclic) bond motifs is 4. The third-order valence-corrected chi connectivity index (χ3v) is 7.99. The molecule has 0 radical (unpaired) electrons. The van der Waals surface area contributed by atoms with Gasteiger partial charge < -0.3 is 9.84 Å². The lowest BCUT2D eigenvalue weighted by Crippen LogP contribution is -2.51. The summed E-state index contributed by atoms with van der Waals surface area (Å²) >= 11 is 6.36. The number of carbonyl (C=O) groups is 1. The van der Waals surface area contributed by atoms with E-state index in [9.17, 15) is 9.90 Å². The predicted molar refractivity (Wildman–Crippen MR) is 118 cm³/mol. The van der Waals surface area contributed by atoms with Crippen molar-refractivity contribution in [2.75, 3.05) is 12.1 Å². The van der Waals surface area contributed by atoms with Crippen LogP contribution < -0.4 is 10.4 Å². The minimum absolute atomic E-state index is 0.109. The fourth-order valence-corrected chi connectivity index (χ4v) is 6.56. The molecular formula is C24H31ClN2O4. The molecule has 0 spiro atoms. The maximum atomic E-state index is 13.2. The van der Waals surface area contributed by atoms with Gasteiger partial charge in [0.1, 0.15) is 17.7 Å². The summed E-state index contributed by atoms with van der Waals surface area (Å²) in [5.74, 6) is 1.09. The van der Waals surface area contributed by atoms with Gasteiger partial charge in [0.2, 0.25) is 0 Å². The Bertz CT molecular complexity index is 921. The van der Waals surface area contributed by atoms with E-state index in [2.05, 4.69) is 25.2 Å². The predicted octanol–water partition coefficient (Wildman–Crippen LogP) is 3.91. The molecule has 1 saturated carbocycles. The fourth-order valence-electron chi connectivity index (χ4n) is 6.27. The number of hydroxylamine groups is 1. The lowest BCUT2D eigenvalue weighted by Gasteiger charge is -2.43. The molecule has 2 fully saturated rings. The zero-order valence-corrected chi connectivity index (χ0v) is 19.1. The van der Waals surface area contributed by atoms with Crippen LogP contribution in [0.3, 0.4) is 0 Å². The molecule has 2 aliphatic carbocycles. The molecule has 168 valence electrons. The van der Waals surface area contributed by atoms with Crippen LogP contribution in [0.5, 0.6) is 0 Å². The van der Waals surface area contributed by atoms with E-state index in [0.717, 1.165) is 6.42 Å². The number of rotatable bonds is 2. The van der Waals surface area contributed by atoms with Gasteiger partial charge in [0, 0.05) is 31.4 Å². The number of halogens is 1. The van der Waals surface area contributed by atoms with E-state index in [0.29, 0.717) is 34.0 Å². The Kier molecular flexibility index (Phi) is 5.32. The summed E-state index contributed by atoms with van der Waals surface area (Å²) in [6.45, 7) is 4.41. The van der Waals surface area contributed by atoms with Crippen LogP contribution >= 0.6 is 11.6 Å². The van der Waals surface area contributed by atoms with Gasteiger partial charge in [0.05, 0.1) is 10.7 Å². The Morgan fingerprint density at radius 1 is 1.39 bits per heavy atom. The van der Waals surface area contributed by atoms with Gasteiger partial charge in [0.15, 0.2) is 6.23 Å². The number of ether oxygens (including phenoxy) is 1. The second-order valence-corrected chi connectivity index (χ2v) is 10.2. The molecular weight excluding hydrogens is 416 g/mol. The Balaban J connectivity index is 1.36. The molecule has 0 bridgehead atoms. The van der Waals surface area contributed by atoms with Crippen LogP contribution in [0.1, 0.15) is 51.5 Å². The third kappa shape index (κ3) is 3.48. The minimum Gasteiger partial charge on any atom is -0.461 e. The van der Waals surface area contributed by atoms with E-state index in [1.165, 1.54) is 24.8 Å². The zero-order valence-electron chi connectivity index (χ0n) is 18.3. The summed E-state index contributed by atoms with van der Waals surface area (Å²) in [6, 6.07) is 4.77. The van der Waals surface area contributed by atoms with Crippen molar-refractivity contribution in [3.8, 4) is 0 Å². The van der Waals surface area contributed by atoms with Crippen molar-refractivity contribution in [3.05, 3.63) is 40.4 Å². The number of allylic oxidation sites excluding steroid dienone is 1. The second-order valence-electron chi connectivity index (χ2n) is 9.81. The number of para-hydroxylation sites is 1. The van der Waals surface area contributed by atoms with E-state index in [4.69, 9.17) is 21.2 Å². The first kappa shape index (κ1) is 21.3. The maximum Gasteiger partial charge on any atom is 0.323 e. The number of nitrogens with one attached hydrogen (secondary N) is 1. The summed E-state index contributed by atoms with van der Waals surface area (Å²) in [5, 5.41) is 16.7. The van der Waals surface area contributed by atoms with Crippen molar-refractivity contribution in [1.82, 2.24) is 5.32 Å². The van der Waals surface area contributed by atoms with Crippen LogP contribution in [-0.4, -0.2) is 36.5 Å². The molecule has 7 heteroatoms. The number of nitrogens with zero attached hydrogens (tertiary/aromatic N) is 1. The summed E-state index contributed by atoms with van der Waals surface area (Å²) < 4.78 is 6.13. The van der Waals surface area contributed by atoms with Crippen LogP contribution in [0.25, 0.3) is 0 Å². The van der Waals surface area contributed by atoms with Gasteiger partial charge in [-0.3, -0.25) is 20.0 Å². The smallest absolute Gasteiger partial charge is 0.323 e. The summed E-state index contributed by atoms with van der Waals surface area (Å²) in [4.78, 5) is 19.1. The molecule has 2 N–H and O–H groups in total. The summed E-state index contributed by atoms with van der Waals surface area (Å²) in [7, 11) is 1.75. The number of hydrogen-bond donors (Lipinski definition) is 2. The first-order chi connectivity index (χ1) is 14.8. The quantitative estimate of drug-likeness (QED) is 0.530. The number of hydrogen-bond acceptors (Lipinski definition) is 6. The van der Waals surface area contributed by atoms with E-state index >= 15 is 0 Å². The molecule has 0 amide bonds. The second kappa shape index (κ2) is 7.77. The monoisotopic (exact) mass is 446 g/mol. The first-order valence-corrected chi connectivity index (χ1v) is 11.7. The van der Waals surface area contributed by atoms with Crippen LogP contribution in [0.2, 0.25) is 5.02 Å². The first-order valence-electron chi connectivity index (χ1n) is 11.3. The molecule has 1 aromatic carbocycles. The molecule has 1 aromatic rings. The zero-order chi connectivity index (χ0) is 21.9. The third-order valence-electron chi connectivity index (χ3n) is 7.68. The van der Waals surface area contributed by atoms with Gasteiger partial charge in [-0.15, -0.1) is 0 Å². The Labute approximate surface area is 188 Å². The van der Waals surface area contributed by atoms with Gasteiger partial charge in [-0.2, -0.15) is 0 Å². The average Bonchev–Trinajstić information content (AvgIpc) is 3.05. The van der Waals surface area contributed by atoms with Crippen molar-refractivity contribution in [2.45, 2.75) is 69.9 Å². The van der Waals surface area contributed by atoms with Crippen LogP contribution in [-0.2, 0) is 20.0 Å². The van der Waals surface area contributed by atoms with Gasteiger partial charge >= 0.3 is 5.97 Å². The van der Waals surface area contributed by atoms with E-state index < -0.39 is 17.9 Å². The standard InChI is InChI=1S/C24H31ClN2O4/c1-13-10-15-7-4-6-14(2)20(15)19(11-13)30-22(28)18-12-24(29)16-8-5-9-17(25)21(16)27(3)31-23(24)26-18/h5,8-10,14-15,18-20,23,26,29H,4,6-7,11-12H2,1-3H3/t14?,15?,18-,19?,20?,23+,24+/m0/s1. The molecule has 0 aromatic heterocycles. The van der Waals surface area contributed by atoms with Crippen LogP contribution in [0.4, 0.5) is 5.69 Å². The largest absolute Gasteiger partial charge is 0.461 e. The Morgan fingerprint density at radius 2 is 2.19 bits per heavy atom. The molecule has 6 nitrogen and oxygen atoms in total. The number of esters is 1. The average molecular weight is 447 g/mol. The van der Waals surface area contributed by atoms with Gasteiger partial charge in [-0.25, -0.2) is 0 Å². The highest BCUT2D eigenvalue weighted by Crippen LogP contribution is 2.48. The lowest BCUT2D eigenvalue weighted by molar-refractivity contribution is -0.158. The Morgan fingerprint density at radius 3 is 3.00 bits per heavy atom. The molecule has 7 atom stereocenters. The molecule has 2 heterocycles. The molecule has 4 unspecified atom stereocenters. The van der Waals surface area contributed by atoms with Crippen LogP contribution in [0, 0.1) is 17.8 Å². The van der Waals surface area contributed by atoms with Crippen molar-refractivity contribution in [3.63, 3.8) is 0 Å². The number of benzene rings is 1. The fraction of sp³-hybridized carbons (Fsp3) is 0.625. The van der Waals surface area contributed by atoms with Gasteiger partial charge in [0.25, 0.3) is 0 Å². The maximum absolute atomic E-state index is 13.2. The molecule has 5 rings (SSSR count). The van der Waals surface area contributed by atoms with E-state index in [1.54, 1.807) is 18.2 Å². The Hall–Kier alpha value is -1.60. The van der Waals surface area contributed by atoms with Crippen molar-refractivity contribution in [1.29, 1.82) is 0 Å². The van der Waals surface area contributed by atoms with Crippen molar-refractivity contribution < 1.29 is 19.5 Å². The minimum atomic E-state index is -1.35. The lowest BCUT2D eigenvalue weighted by atomic mass is 9.66. The summed E-state index contributed by atoms with van der Waals surface area (Å²) in [5.41, 5.74) is 1.25. The normalized spacial score (nSPS) is 39.3. The molecule has 31 heavy (non-hydrogen) atoms. The number of carbonyl (C=O) groups excluding carboxylic acids is 1. The number of anilines is 1. The SMILES string of the molecule is CC1=CC2CCCC(C)C2C(OC(=O)[C@@H]2C[C@@]3(O)c4cccc(Cl)c4N(C)O[C@H]3N2)C1. The highest BCUT2D eigenvalue weighted by Gasteiger charge is 2.56. The topological polar surface area (TPSA) is 71.0 Å². The van der Waals surface area contributed by atoms with Crippen LogP contribution in [0.15, 0.2) is 29.8 Å². The van der Waals surface area contributed by atoms with E-state index in [1.807, 2.05) is 12.1 Å². The van der Waals surface area contributed by atoms with Gasteiger partial charge in [-0.1, -0.05) is 55.1 Å². The van der Waals surface area contributed by atoms with Crippen molar-refractivity contribution >= 4 is 23.3 Å². The van der Waals surface area contributed by atoms with Crippen molar-refractivity contribution in [2.24, 2.45) is 17.8 Å². The van der Waals surface area contributed by atoms with Gasteiger partial charge in [-0.05, 0) is 31.2 Å². The highest BCUT2D eigenvalue weighted by molar-refractivity contribution is 6.33. The molecule has 4 aliphatic rings. The molecule has 1 saturated heterocycles.